The molecule has 0 spiro atoms. The molecule has 0 bridgehead atoms. The molecule has 0 radical (unpaired) electrons. The highest BCUT2D eigenvalue weighted by atomic mass is 32.1. The highest BCUT2D eigenvalue weighted by Crippen LogP contribution is 2.32. The smallest absolute Gasteiger partial charge is 0.368 e. The van der Waals surface area contributed by atoms with Gasteiger partial charge in [0.2, 0.25) is 11.8 Å². The average Bonchev–Trinajstić information content (AvgIpc) is 3.37. The van der Waals surface area contributed by atoms with Crippen LogP contribution in [0.1, 0.15) is 35.5 Å². The molecule has 218 valence electrons. The maximum atomic E-state index is 13.2. The van der Waals surface area contributed by atoms with E-state index in [1.807, 2.05) is 4.90 Å². The van der Waals surface area contributed by atoms with Crippen LogP contribution < -0.4 is 10.2 Å². The van der Waals surface area contributed by atoms with Crippen molar-refractivity contribution >= 4 is 39.9 Å². The third-order valence-corrected chi connectivity index (χ3v) is 7.40. The molecule has 1 aliphatic rings. The fraction of sp³-hybridized carbons (Fsp3) is 0.357. The summed E-state index contributed by atoms with van der Waals surface area (Å²) in [7, 11) is 0. The molecule has 13 heteroatoms. The lowest BCUT2D eigenvalue weighted by Gasteiger charge is -2.36. The minimum absolute atomic E-state index is 0.0110. The first-order valence-electron chi connectivity index (χ1n) is 12.9. The van der Waals surface area contributed by atoms with Crippen LogP contribution in [0, 0.1) is 5.82 Å². The summed E-state index contributed by atoms with van der Waals surface area (Å²) >= 11 is 1.15. The van der Waals surface area contributed by atoms with Gasteiger partial charge in [0.05, 0.1) is 17.7 Å². The maximum Gasteiger partial charge on any atom is 0.416 e. The molecule has 8 nitrogen and oxygen atoms in total. The molecule has 1 fully saturated rings. The zero-order valence-electron chi connectivity index (χ0n) is 22.4. The van der Waals surface area contributed by atoms with Crippen LogP contribution in [0.15, 0.2) is 53.9 Å². The summed E-state index contributed by atoms with van der Waals surface area (Å²) in [6, 6.07) is 9.93. The van der Waals surface area contributed by atoms with Gasteiger partial charge < -0.3 is 20.0 Å². The molecule has 0 unspecified atom stereocenters. The number of rotatable bonds is 8. The predicted molar refractivity (Wildman–Crippen MR) is 147 cm³/mol. The van der Waals surface area contributed by atoms with Gasteiger partial charge in [0.1, 0.15) is 12.4 Å². The Morgan fingerprint density at radius 1 is 1.05 bits per heavy atom. The number of piperazine rings is 1. The van der Waals surface area contributed by atoms with Crippen LogP contribution in [-0.4, -0.2) is 71.3 Å². The maximum absolute atomic E-state index is 13.2. The quantitative estimate of drug-likeness (QED) is 0.385. The number of carbonyl (C=O) groups is 3. The Labute approximate surface area is 238 Å². The Balaban J connectivity index is 1.28. The van der Waals surface area contributed by atoms with E-state index in [0.717, 1.165) is 23.5 Å². The van der Waals surface area contributed by atoms with Gasteiger partial charge in [0, 0.05) is 48.9 Å². The number of hydrogen-bond acceptors (Lipinski definition) is 6. The Bertz CT molecular complexity index is 1390. The SMILES string of the molecule is CC(C)N(CC(=O)Nc1nc(CC(=O)N2CCN(c3cccc(C(F)(F)F)c3)CC2)cs1)C(=O)c1ccc(F)cc1. The van der Waals surface area contributed by atoms with Crippen molar-refractivity contribution in [2.75, 3.05) is 42.9 Å². The van der Waals surface area contributed by atoms with E-state index < -0.39 is 29.4 Å². The molecule has 0 aliphatic carbocycles. The zero-order valence-corrected chi connectivity index (χ0v) is 23.3. The highest BCUT2D eigenvalue weighted by molar-refractivity contribution is 7.13. The van der Waals surface area contributed by atoms with Crippen molar-refractivity contribution in [2.45, 2.75) is 32.5 Å². The summed E-state index contributed by atoms with van der Waals surface area (Å²) in [5.41, 5.74) is 0.482. The van der Waals surface area contributed by atoms with Crippen molar-refractivity contribution in [3.63, 3.8) is 0 Å². The van der Waals surface area contributed by atoms with E-state index in [4.69, 9.17) is 0 Å². The molecule has 0 saturated carbocycles. The van der Waals surface area contributed by atoms with E-state index in [1.54, 1.807) is 30.2 Å². The van der Waals surface area contributed by atoms with E-state index in [0.29, 0.717) is 37.6 Å². The minimum atomic E-state index is -4.42. The number of nitrogens with zero attached hydrogens (tertiary/aromatic N) is 4. The van der Waals surface area contributed by atoms with E-state index >= 15 is 0 Å². The second kappa shape index (κ2) is 12.7. The minimum Gasteiger partial charge on any atom is -0.368 e. The lowest BCUT2D eigenvalue weighted by atomic mass is 10.1. The first-order valence-corrected chi connectivity index (χ1v) is 13.8. The van der Waals surface area contributed by atoms with Crippen LogP contribution in [0.3, 0.4) is 0 Å². The monoisotopic (exact) mass is 591 g/mol. The number of nitrogens with one attached hydrogen (secondary N) is 1. The zero-order chi connectivity index (χ0) is 29.7. The van der Waals surface area contributed by atoms with Gasteiger partial charge in [-0.15, -0.1) is 11.3 Å². The second-order valence-corrected chi connectivity index (χ2v) is 10.7. The number of carbonyl (C=O) groups excluding carboxylic acids is 3. The fourth-order valence-corrected chi connectivity index (χ4v) is 5.09. The van der Waals surface area contributed by atoms with Crippen LogP contribution in [0.4, 0.5) is 28.4 Å². The lowest BCUT2D eigenvalue weighted by molar-refractivity contribution is -0.137. The van der Waals surface area contributed by atoms with Crippen LogP contribution in [-0.2, 0) is 22.2 Å². The van der Waals surface area contributed by atoms with Crippen LogP contribution in [0.5, 0.6) is 0 Å². The van der Waals surface area contributed by atoms with E-state index in [2.05, 4.69) is 10.3 Å². The van der Waals surface area contributed by atoms with E-state index in [1.165, 1.54) is 35.2 Å². The molecule has 0 atom stereocenters. The predicted octanol–water partition coefficient (Wildman–Crippen LogP) is 4.68. The number of benzene rings is 2. The molecule has 1 aromatic heterocycles. The summed E-state index contributed by atoms with van der Waals surface area (Å²) in [5.74, 6) is -1.51. The van der Waals surface area contributed by atoms with Crippen molar-refractivity contribution in [3.8, 4) is 0 Å². The molecule has 3 aromatic rings. The molecule has 2 heterocycles. The highest BCUT2D eigenvalue weighted by Gasteiger charge is 2.31. The molecule has 1 saturated heterocycles. The van der Waals surface area contributed by atoms with Crippen LogP contribution in [0.2, 0.25) is 0 Å². The third-order valence-electron chi connectivity index (χ3n) is 6.59. The topological polar surface area (TPSA) is 85.8 Å². The van der Waals surface area contributed by atoms with Crippen molar-refractivity contribution < 1.29 is 31.9 Å². The Morgan fingerprint density at radius 2 is 1.73 bits per heavy atom. The van der Waals surface area contributed by atoms with E-state index in [-0.39, 0.29) is 35.6 Å². The number of halogens is 4. The Morgan fingerprint density at radius 3 is 2.37 bits per heavy atom. The number of aromatic nitrogens is 1. The Hall–Kier alpha value is -4.00. The van der Waals surface area contributed by atoms with Gasteiger partial charge >= 0.3 is 6.18 Å². The van der Waals surface area contributed by atoms with Gasteiger partial charge in [0.15, 0.2) is 5.13 Å². The number of thiazole rings is 1. The standard InChI is InChI=1S/C28H29F4N5O3S/c1-18(2)37(26(40)19-6-8-21(29)9-7-19)16-24(38)34-27-33-22(17-41-27)15-25(39)36-12-10-35(11-13-36)23-5-3-4-20(14-23)28(30,31)32/h3-9,14,17-18H,10-13,15-16H2,1-2H3,(H,33,34,38). The molecular weight excluding hydrogens is 562 g/mol. The molecule has 1 N–H and O–H groups in total. The largest absolute Gasteiger partial charge is 0.416 e. The number of hydrogen-bond donors (Lipinski definition) is 1. The molecular formula is C28H29F4N5O3S. The van der Waals surface area contributed by atoms with E-state index in [9.17, 15) is 31.9 Å². The van der Waals surface area contributed by atoms with Gasteiger partial charge in [0.25, 0.3) is 5.91 Å². The van der Waals surface area contributed by atoms with Gasteiger partial charge in [-0.3, -0.25) is 14.4 Å². The number of alkyl halides is 3. The van der Waals surface area contributed by atoms with Gasteiger partial charge in [-0.25, -0.2) is 9.37 Å². The summed E-state index contributed by atoms with van der Waals surface area (Å²) < 4.78 is 52.4. The summed E-state index contributed by atoms with van der Waals surface area (Å²) in [6.07, 6.45) is -4.41. The summed E-state index contributed by atoms with van der Waals surface area (Å²) in [4.78, 5) is 47.5. The molecule has 41 heavy (non-hydrogen) atoms. The second-order valence-electron chi connectivity index (χ2n) is 9.82. The molecule has 4 rings (SSSR count). The van der Waals surface area contributed by atoms with Crippen molar-refractivity contribution in [3.05, 3.63) is 76.5 Å². The molecule has 3 amide bonds. The molecule has 2 aromatic carbocycles. The van der Waals surface area contributed by atoms with Gasteiger partial charge in [-0.1, -0.05) is 6.07 Å². The third kappa shape index (κ3) is 7.81. The average molecular weight is 592 g/mol. The van der Waals surface area contributed by atoms with Crippen LogP contribution >= 0.6 is 11.3 Å². The number of amides is 3. The first-order chi connectivity index (χ1) is 19.4. The molecule has 1 aliphatic heterocycles. The normalized spacial score (nSPS) is 13.8. The number of anilines is 2. The fourth-order valence-electron chi connectivity index (χ4n) is 4.37. The van der Waals surface area contributed by atoms with Crippen LogP contribution in [0.25, 0.3) is 0 Å². The van der Waals surface area contributed by atoms with Crippen molar-refractivity contribution in [1.29, 1.82) is 0 Å². The lowest BCUT2D eigenvalue weighted by Crippen LogP contribution is -2.49. The summed E-state index contributed by atoms with van der Waals surface area (Å²) in [6.45, 7) is 4.80. The van der Waals surface area contributed by atoms with Crippen molar-refractivity contribution in [1.82, 2.24) is 14.8 Å². The van der Waals surface area contributed by atoms with Crippen molar-refractivity contribution in [2.24, 2.45) is 0 Å². The summed E-state index contributed by atoms with van der Waals surface area (Å²) in [5, 5.41) is 4.60. The first kappa shape index (κ1) is 30.0. The Kier molecular flexibility index (Phi) is 9.26. The van der Waals surface area contributed by atoms with Gasteiger partial charge in [-0.2, -0.15) is 13.2 Å². The van der Waals surface area contributed by atoms with Gasteiger partial charge in [-0.05, 0) is 56.3 Å².